The molecule has 0 bridgehead atoms. The van der Waals surface area contributed by atoms with Crippen LogP contribution < -0.4 is 15.4 Å². The van der Waals surface area contributed by atoms with Gasteiger partial charge in [-0.3, -0.25) is 4.57 Å². The zero-order chi connectivity index (χ0) is 26.5. The van der Waals surface area contributed by atoms with E-state index >= 15 is 0 Å². The first-order valence-electron chi connectivity index (χ1n) is 12.4. The minimum absolute atomic E-state index is 0.221. The van der Waals surface area contributed by atoms with Crippen LogP contribution in [0.2, 0.25) is 0 Å². The molecule has 8 nitrogen and oxygen atoms in total. The molecule has 5 rings (SSSR count). The average Bonchev–Trinajstić information content (AvgIpc) is 3.37. The molecule has 0 fully saturated rings. The lowest BCUT2D eigenvalue weighted by Crippen LogP contribution is -2.34. The maximum Gasteiger partial charge on any atom is 0.319 e. The number of amides is 2. The van der Waals surface area contributed by atoms with Gasteiger partial charge in [0.15, 0.2) is 5.65 Å². The Balaban J connectivity index is 1.33. The van der Waals surface area contributed by atoms with Gasteiger partial charge in [-0.25, -0.2) is 14.8 Å². The molecule has 192 valence electrons. The third kappa shape index (κ3) is 5.66. The monoisotopic (exact) mass is 506 g/mol. The largest absolute Gasteiger partial charge is 0.497 e. The fourth-order valence-electron chi connectivity index (χ4n) is 4.13. The summed E-state index contributed by atoms with van der Waals surface area (Å²) in [6, 6.07) is 27.7. The minimum Gasteiger partial charge on any atom is -0.497 e. The van der Waals surface area contributed by atoms with E-state index < -0.39 is 0 Å². The molecule has 2 amide bonds. The van der Waals surface area contributed by atoms with E-state index in [9.17, 15) is 4.79 Å². The number of hydrogen-bond donors (Lipinski definition) is 2. The number of hydrogen-bond acceptors (Lipinski definition) is 5. The number of benzene rings is 3. The number of urea groups is 1. The molecule has 0 aliphatic carbocycles. The van der Waals surface area contributed by atoms with Crippen LogP contribution in [0.5, 0.6) is 5.75 Å². The van der Waals surface area contributed by atoms with E-state index in [1.54, 1.807) is 13.4 Å². The number of methoxy groups -OCH3 is 1. The van der Waals surface area contributed by atoms with E-state index in [0.29, 0.717) is 6.54 Å². The van der Waals surface area contributed by atoms with Gasteiger partial charge in [0, 0.05) is 30.0 Å². The van der Waals surface area contributed by atoms with Crippen LogP contribution in [0, 0.1) is 0 Å². The second-order valence-corrected chi connectivity index (χ2v) is 9.19. The molecule has 0 aliphatic rings. The number of pyridine rings is 1. The molecule has 5 aromatic rings. The fourth-order valence-corrected chi connectivity index (χ4v) is 4.13. The number of anilines is 1. The smallest absolute Gasteiger partial charge is 0.319 e. The average molecular weight is 507 g/mol. The zero-order valence-electron chi connectivity index (χ0n) is 21.7. The number of nitrogens with zero attached hydrogens (tertiary/aromatic N) is 4. The molecular formula is C30H30N6O2. The molecule has 0 atom stereocenters. The first-order chi connectivity index (χ1) is 18.5. The van der Waals surface area contributed by atoms with Crippen molar-refractivity contribution in [2.24, 2.45) is 0 Å². The Kier molecular flexibility index (Phi) is 7.33. The summed E-state index contributed by atoms with van der Waals surface area (Å²) in [5.74, 6) is 0.837. The lowest BCUT2D eigenvalue weighted by atomic mass is 10.1. The summed E-state index contributed by atoms with van der Waals surface area (Å²) < 4.78 is 7.25. The normalized spacial score (nSPS) is 11.1. The number of ether oxygens (including phenoxy) is 1. The van der Waals surface area contributed by atoms with Crippen LogP contribution in [-0.2, 0) is 0 Å². The lowest BCUT2D eigenvalue weighted by Gasteiger charge is -2.11. The molecular weight excluding hydrogens is 476 g/mol. The third-order valence-corrected chi connectivity index (χ3v) is 6.25. The number of carbonyl (C=O) groups is 1. The molecule has 0 saturated heterocycles. The van der Waals surface area contributed by atoms with E-state index in [-0.39, 0.29) is 6.03 Å². The molecule has 8 heteroatoms. The number of fused-ring (bicyclic) bond motifs is 1. The second kappa shape index (κ2) is 11.1. The highest BCUT2D eigenvalue weighted by Crippen LogP contribution is 2.26. The van der Waals surface area contributed by atoms with E-state index in [1.807, 2.05) is 84.2 Å². The molecule has 0 unspecified atom stereocenters. The first kappa shape index (κ1) is 25.0. The van der Waals surface area contributed by atoms with Crippen molar-refractivity contribution in [3.63, 3.8) is 0 Å². The van der Waals surface area contributed by atoms with Crippen LogP contribution >= 0.6 is 0 Å². The number of rotatable bonds is 8. The molecule has 0 spiro atoms. The van der Waals surface area contributed by atoms with Crippen LogP contribution in [0.4, 0.5) is 10.5 Å². The van der Waals surface area contributed by atoms with Crippen LogP contribution in [0.15, 0.2) is 91.3 Å². The fraction of sp³-hybridized carbons (Fsp3) is 0.167. The van der Waals surface area contributed by atoms with Crippen molar-refractivity contribution in [1.29, 1.82) is 0 Å². The van der Waals surface area contributed by atoms with Crippen molar-refractivity contribution >= 4 is 22.9 Å². The topological polar surface area (TPSA) is 84.3 Å². The SMILES string of the molecule is COc1ccc(-c2ccc(-n3cnc4ccc(-c5ccc(NC(=O)NCCN(C)C)cc5)nc43)cc2)cc1. The van der Waals surface area contributed by atoms with Crippen molar-refractivity contribution < 1.29 is 9.53 Å². The van der Waals surface area contributed by atoms with Crippen LogP contribution in [0.25, 0.3) is 39.2 Å². The number of likely N-dealkylation sites (N-methyl/N-ethyl adjacent to an activating group) is 1. The number of carbonyl (C=O) groups excluding carboxylic acids is 1. The maximum absolute atomic E-state index is 12.1. The van der Waals surface area contributed by atoms with Gasteiger partial charge < -0.3 is 20.3 Å². The van der Waals surface area contributed by atoms with E-state index in [2.05, 4.69) is 39.9 Å². The van der Waals surface area contributed by atoms with E-state index in [0.717, 1.165) is 57.2 Å². The summed E-state index contributed by atoms with van der Waals surface area (Å²) in [4.78, 5) is 23.6. The highest BCUT2D eigenvalue weighted by atomic mass is 16.5. The number of imidazole rings is 1. The van der Waals surface area contributed by atoms with Crippen LogP contribution in [-0.4, -0.2) is 59.8 Å². The Morgan fingerprint density at radius 3 is 2.18 bits per heavy atom. The summed E-state index contributed by atoms with van der Waals surface area (Å²) in [5, 5.41) is 5.71. The Morgan fingerprint density at radius 1 is 0.868 bits per heavy atom. The molecule has 2 N–H and O–H groups in total. The molecule has 0 radical (unpaired) electrons. The molecule has 3 aromatic carbocycles. The molecule has 38 heavy (non-hydrogen) atoms. The summed E-state index contributed by atoms with van der Waals surface area (Å²) in [5.41, 5.74) is 7.33. The minimum atomic E-state index is -0.221. The maximum atomic E-state index is 12.1. The molecule has 2 heterocycles. The van der Waals surface area contributed by atoms with E-state index in [4.69, 9.17) is 9.72 Å². The molecule has 0 saturated carbocycles. The molecule has 0 aliphatic heterocycles. The van der Waals surface area contributed by atoms with Gasteiger partial charge in [-0.15, -0.1) is 0 Å². The van der Waals surface area contributed by atoms with Gasteiger partial charge in [0.25, 0.3) is 0 Å². The Bertz CT molecular complexity index is 1520. The number of nitrogens with one attached hydrogen (secondary N) is 2. The quantitative estimate of drug-likeness (QED) is 0.293. The summed E-state index contributed by atoms with van der Waals surface area (Å²) in [7, 11) is 5.60. The summed E-state index contributed by atoms with van der Waals surface area (Å²) in [6.07, 6.45) is 1.80. The predicted octanol–water partition coefficient (Wildman–Crippen LogP) is 5.45. The van der Waals surface area contributed by atoms with Gasteiger partial charge in [0.2, 0.25) is 0 Å². The Morgan fingerprint density at radius 2 is 1.53 bits per heavy atom. The van der Waals surface area contributed by atoms with Crippen molar-refractivity contribution in [3.05, 3.63) is 91.3 Å². The standard InChI is InChI=1S/C30H30N6O2/c1-35(2)19-18-31-30(37)33-24-10-4-23(5-11-24)27-16-17-28-29(34-27)36(20-32-28)25-12-6-21(7-13-25)22-8-14-26(38-3)15-9-22/h4-17,20H,18-19H2,1-3H3,(H2,31,33,37). The van der Waals surface area contributed by atoms with E-state index in [1.165, 1.54) is 0 Å². The van der Waals surface area contributed by atoms with Gasteiger partial charge >= 0.3 is 6.03 Å². The van der Waals surface area contributed by atoms with Gasteiger partial charge in [-0.05, 0) is 73.8 Å². The molecule has 2 aromatic heterocycles. The van der Waals surface area contributed by atoms with Crippen molar-refractivity contribution in [2.45, 2.75) is 0 Å². The second-order valence-electron chi connectivity index (χ2n) is 9.19. The zero-order valence-corrected chi connectivity index (χ0v) is 21.7. The highest BCUT2D eigenvalue weighted by molar-refractivity contribution is 5.89. The van der Waals surface area contributed by atoms with Gasteiger partial charge in [0.05, 0.1) is 12.8 Å². The van der Waals surface area contributed by atoms with Crippen LogP contribution in [0.3, 0.4) is 0 Å². The Labute approximate surface area is 221 Å². The Hall–Kier alpha value is -4.69. The van der Waals surface area contributed by atoms with Crippen molar-refractivity contribution in [2.75, 3.05) is 39.6 Å². The predicted molar refractivity (Wildman–Crippen MR) is 152 cm³/mol. The third-order valence-electron chi connectivity index (χ3n) is 6.25. The number of aromatic nitrogens is 3. The highest BCUT2D eigenvalue weighted by Gasteiger charge is 2.10. The summed E-state index contributed by atoms with van der Waals surface area (Å²) in [6.45, 7) is 1.36. The van der Waals surface area contributed by atoms with Crippen molar-refractivity contribution in [1.82, 2.24) is 24.8 Å². The van der Waals surface area contributed by atoms with Crippen LogP contribution in [0.1, 0.15) is 0 Å². The summed E-state index contributed by atoms with van der Waals surface area (Å²) >= 11 is 0. The first-order valence-corrected chi connectivity index (χ1v) is 12.4. The van der Waals surface area contributed by atoms with Gasteiger partial charge in [-0.1, -0.05) is 36.4 Å². The lowest BCUT2D eigenvalue weighted by molar-refractivity contribution is 0.250. The van der Waals surface area contributed by atoms with Gasteiger partial charge in [-0.2, -0.15) is 0 Å². The van der Waals surface area contributed by atoms with Gasteiger partial charge in [0.1, 0.15) is 17.6 Å². The van der Waals surface area contributed by atoms with Crippen molar-refractivity contribution in [3.8, 4) is 33.8 Å².